The van der Waals surface area contributed by atoms with Gasteiger partial charge in [-0.1, -0.05) is 74.2 Å². The number of carbonyl (C=O) groups is 1. The lowest BCUT2D eigenvalue weighted by atomic mass is 9.82. The van der Waals surface area contributed by atoms with Gasteiger partial charge in [-0.05, 0) is 36.8 Å². The molecule has 0 saturated heterocycles. The van der Waals surface area contributed by atoms with E-state index in [1.54, 1.807) is 0 Å². The highest BCUT2D eigenvalue weighted by molar-refractivity contribution is 6.11. The molecule has 2 aliphatic rings. The summed E-state index contributed by atoms with van der Waals surface area (Å²) in [5.74, 6) is -0.100. The molecular formula is C23H26O3. The molecule has 4 rings (SSSR count). The first-order valence-electron chi connectivity index (χ1n) is 9.72. The Hall–Kier alpha value is -1.97. The van der Waals surface area contributed by atoms with Gasteiger partial charge in [0.15, 0.2) is 5.78 Å². The van der Waals surface area contributed by atoms with E-state index in [-0.39, 0.29) is 5.78 Å². The van der Waals surface area contributed by atoms with Gasteiger partial charge in [-0.2, -0.15) is 0 Å². The molecule has 3 heteroatoms. The van der Waals surface area contributed by atoms with Gasteiger partial charge in [-0.25, -0.2) is 0 Å². The highest BCUT2D eigenvalue weighted by Crippen LogP contribution is 2.43. The molecule has 2 aliphatic carbocycles. The maximum atomic E-state index is 13.5. The molecule has 2 saturated carbocycles. The van der Waals surface area contributed by atoms with E-state index in [9.17, 15) is 15.0 Å². The molecule has 2 fully saturated rings. The van der Waals surface area contributed by atoms with E-state index >= 15 is 0 Å². The van der Waals surface area contributed by atoms with E-state index in [1.807, 2.05) is 48.5 Å². The number of rotatable bonds is 4. The van der Waals surface area contributed by atoms with Crippen LogP contribution in [0.2, 0.25) is 0 Å². The summed E-state index contributed by atoms with van der Waals surface area (Å²) in [6.07, 6.45) is 6.72. The monoisotopic (exact) mass is 350 g/mol. The Morgan fingerprint density at radius 1 is 0.654 bits per heavy atom. The molecule has 2 aromatic rings. The van der Waals surface area contributed by atoms with Gasteiger partial charge in [-0.3, -0.25) is 4.79 Å². The van der Waals surface area contributed by atoms with Crippen LogP contribution in [0.5, 0.6) is 0 Å². The lowest BCUT2D eigenvalue weighted by molar-refractivity contribution is 0.0422. The summed E-state index contributed by atoms with van der Waals surface area (Å²) in [6.45, 7) is 0. The van der Waals surface area contributed by atoms with E-state index in [2.05, 4.69) is 0 Å². The molecule has 0 heterocycles. The molecule has 0 atom stereocenters. The Morgan fingerprint density at radius 2 is 1.00 bits per heavy atom. The van der Waals surface area contributed by atoms with Gasteiger partial charge in [0.2, 0.25) is 0 Å². The number of ketones is 1. The lowest BCUT2D eigenvalue weighted by Crippen LogP contribution is -2.27. The first-order chi connectivity index (χ1) is 12.5. The molecule has 26 heavy (non-hydrogen) atoms. The zero-order valence-corrected chi connectivity index (χ0v) is 15.1. The first-order valence-corrected chi connectivity index (χ1v) is 9.72. The molecule has 0 bridgehead atoms. The minimum Gasteiger partial charge on any atom is -0.385 e. The third-order valence-electron chi connectivity index (χ3n) is 6.21. The molecule has 136 valence electrons. The van der Waals surface area contributed by atoms with Crippen molar-refractivity contribution in [2.75, 3.05) is 0 Å². The molecule has 0 aliphatic heterocycles. The molecule has 2 aromatic carbocycles. The second-order valence-corrected chi connectivity index (χ2v) is 7.90. The molecule has 0 aromatic heterocycles. The first kappa shape index (κ1) is 17.4. The summed E-state index contributed by atoms with van der Waals surface area (Å²) < 4.78 is 0. The van der Waals surface area contributed by atoms with Gasteiger partial charge in [0, 0.05) is 11.1 Å². The van der Waals surface area contributed by atoms with Crippen molar-refractivity contribution in [3.05, 3.63) is 70.8 Å². The van der Waals surface area contributed by atoms with Gasteiger partial charge < -0.3 is 10.2 Å². The minimum atomic E-state index is -0.911. The fourth-order valence-corrected chi connectivity index (χ4v) is 4.78. The minimum absolute atomic E-state index is 0.100. The van der Waals surface area contributed by atoms with Crippen molar-refractivity contribution in [3.63, 3.8) is 0 Å². The van der Waals surface area contributed by atoms with Crippen LogP contribution in [0.4, 0.5) is 0 Å². The number of carbonyl (C=O) groups excluding carboxylic acids is 1. The Bertz CT molecular complexity index is 744. The van der Waals surface area contributed by atoms with Crippen molar-refractivity contribution < 1.29 is 15.0 Å². The molecule has 0 spiro atoms. The van der Waals surface area contributed by atoms with E-state index in [0.717, 1.165) is 36.8 Å². The van der Waals surface area contributed by atoms with Crippen molar-refractivity contribution in [1.82, 2.24) is 0 Å². The average Bonchev–Trinajstić information content (AvgIpc) is 3.31. The zero-order chi connectivity index (χ0) is 18.2. The predicted molar refractivity (Wildman–Crippen MR) is 101 cm³/mol. The second kappa shape index (κ2) is 6.64. The van der Waals surface area contributed by atoms with E-state index < -0.39 is 11.2 Å². The van der Waals surface area contributed by atoms with Crippen molar-refractivity contribution >= 4 is 5.78 Å². The topological polar surface area (TPSA) is 57.5 Å². The van der Waals surface area contributed by atoms with Gasteiger partial charge in [-0.15, -0.1) is 0 Å². The van der Waals surface area contributed by atoms with Crippen molar-refractivity contribution in [3.8, 4) is 0 Å². The Morgan fingerprint density at radius 3 is 1.38 bits per heavy atom. The van der Waals surface area contributed by atoms with Crippen LogP contribution >= 0.6 is 0 Å². The van der Waals surface area contributed by atoms with E-state index in [1.165, 1.54) is 0 Å². The highest BCUT2D eigenvalue weighted by atomic mass is 16.3. The Labute approximate surface area is 154 Å². The number of benzene rings is 2. The normalized spacial score (nSPS) is 21.0. The summed E-state index contributed by atoms with van der Waals surface area (Å²) in [4.78, 5) is 13.5. The number of aliphatic hydroxyl groups is 2. The Balaban J connectivity index is 1.79. The van der Waals surface area contributed by atoms with Gasteiger partial charge >= 0.3 is 0 Å². The fraction of sp³-hybridized carbons (Fsp3) is 0.435. The van der Waals surface area contributed by atoms with E-state index in [0.29, 0.717) is 36.8 Å². The maximum Gasteiger partial charge on any atom is 0.193 e. The smallest absolute Gasteiger partial charge is 0.193 e. The van der Waals surface area contributed by atoms with Crippen LogP contribution in [0.3, 0.4) is 0 Å². The summed E-state index contributed by atoms with van der Waals surface area (Å²) in [5, 5.41) is 22.1. The van der Waals surface area contributed by atoms with Gasteiger partial charge in [0.1, 0.15) is 0 Å². The predicted octanol–water partition coefficient (Wildman–Crippen LogP) is 4.44. The van der Waals surface area contributed by atoms with Gasteiger partial charge in [0.05, 0.1) is 11.2 Å². The SMILES string of the molecule is O=C(c1ccccc1C1(O)CCCC1)c1ccccc1C1(O)CCCC1. The Kier molecular flexibility index (Phi) is 4.45. The molecular weight excluding hydrogens is 324 g/mol. The standard InChI is InChI=1S/C23H26O3/c24-21(17-9-1-3-11-19(17)22(25)13-5-6-14-22)18-10-2-4-12-20(18)23(26)15-7-8-16-23/h1-4,9-12,25-26H,5-8,13-16H2. The number of hydrogen-bond acceptors (Lipinski definition) is 3. The van der Waals surface area contributed by atoms with Crippen LogP contribution in [0, 0.1) is 0 Å². The summed E-state index contributed by atoms with van der Waals surface area (Å²) in [6, 6.07) is 14.9. The highest BCUT2D eigenvalue weighted by Gasteiger charge is 2.39. The molecule has 2 N–H and O–H groups in total. The van der Waals surface area contributed by atoms with Crippen LogP contribution in [-0.4, -0.2) is 16.0 Å². The molecule has 0 unspecified atom stereocenters. The molecule has 0 radical (unpaired) electrons. The largest absolute Gasteiger partial charge is 0.385 e. The second-order valence-electron chi connectivity index (χ2n) is 7.90. The van der Waals surface area contributed by atoms with Gasteiger partial charge in [0.25, 0.3) is 0 Å². The quantitative estimate of drug-likeness (QED) is 0.802. The zero-order valence-electron chi connectivity index (χ0n) is 15.1. The van der Waals surface area contributed by atoms with Crippen LogP contribution < -0.4 is 0 Å². The summed E-state index contributed by atoms with van der Waals surface area (Å²) >= 11 is 0. The van der Waals surface area contributed by atoms with Crippen LogP contribution in [-0.2, 0) is 11.2 Å². The lowest BCUT2D eigenvalue weighted by Gasteiger charge is -2.27. The van der Waals surface area contributed by atoms with Crippen molar-refractivity contribution in [1.29, 1.82) is 0 Å². The summed E-state index contributed by atoms with van der Waals surface area (Å²) in [7, 11) is 0. The maximum absolute atomic E-state index is 13.5. The van der Waals surface area contributed by atoms with Crippen molar-refractivity contribution in [2.24, 2.45) is 0 Å². The van der Waals surface area contributed by atoms with Crippen LogP contribution in [0.15, 0.2) is 48.5 Å². The fourth-order valence-electron chi connectivity index (χ4n) is 4.78. The van der Waals surface area contributed by atoms with Crippen molar-refractivity contribution in [2.45, 2.75) is 62.6 Å². The molecule has 3 nitrogen and oxygen atoms in total. The number of hydrogen-bond donors (Lipinski definition) is 2. The molecule has 0 amide bonds. The third kappa shape index (κ3) is 2.89. The van der Waals surface area contributed by atoms with E-state index in [4.69, 9.17) is 0 Å². The summed E-state index contributed by atoms with van der Waals surface area (Å²) in [5.41, 5.74) is 0.764. The van der Waals surface area contributed by atoms with Crippen LogP contribution in [0.1, 0.15) is 78.4 Å². The van der Waals surface area contributed by atoms with Crippen LogP contribution in [0.25, 0.3) is 0 Å². The average molecular weight is 350 g/mol. The third-order valence-corrected chi connectivity index (χ3v) is 6.21.